The maximum atomic E-state index is 14.1. The van der Waals surface area contributed by atoms with Crippen molar-refractivity contribution in [1.82, 2.24) is 5.32 Å². The lowest BCUT2D eigenvalue weighted by Gasteiger charge is -2.24. The Morgan fingerprint density at radius 2 is 1.53 bits per heavy atom. The molecule has 0 aliphatic heterocycles. The van der Waals surface area contributed by atoms with Crippen molar-refractivity contribution in [2.45, 2.75) is 0 Å². The summed E-state index contributed by atoms with van der Waals surface area (Å²) in [5.41, 5.74) is 1.12. The summed E-state index contributed by atoms with van der Waals surface area (Å²) in [7, 11) is 0. The van der Waals surface area contributed by atoms with E-state index in [1.165, 1.54) is 17.0 Å². The van der Waals surface area contributed by atoms with Crippen LogP contribution in [0.4, 0.5) is 20.6 Å². The van der Waals surface area contributed by atoms with Crippen molar-refractivity contribution in [3.63, 3.8) is 0 Å². The number of para-hydroxylation sites is 2. The molecule has 0 aromatic heterocycles. The highest BCUT2D eigenvalue weighted by Crippen LogP contribution is 2.25. The van der Waals surface area contributed by atoms with E-state index < -0.39 is 11.8 Å². The van der Waals surface area contributed by atoms with Crippen molar-refractivity contribution in [2.24, 2.45) is 0 Å². The Morgan fingerprint density at radius 1 is 0.833 bits per heavy atom. The third-order valence-electron chi connectivity index (χ3n) is 5.20. The number of ether oxygens (including phenoxy) is 1. The molecule has 0 unspecified atom stereocenters. The van der Waals surface area contributed by atoms with Crippen molar-refractivity contribution in [1.29, 1.82) is 0 Å². The Bertz CT molecular complexity index is 1330. The second-order valence-electron chi connectivity index (χ2n) is 7.74. The van der Waals surface area contributed by atoms with Crippen LogP contribution >= 0.6 is 15.9 Å². The maximum Gasteiger partial charge on any atom is 0.326 e. The second-order valence-corrected chi connectivity index (χ2v) is 8.65. The van der Waals surface area contributed by atoms with Crippen LogP contribution in [-0.4, -0.2) is 25.0 Å². The van der Waals surface area contributed by atoms with Gasteiger partial charge in [-0.1, -0.05) is 52.3 Å². The van der Waals surface area contributed by atoms with Crippen molar-refractivity contribution < 1.29 is 18.7 Å². The number of rotatable bonds is 8. The Hall–Kier alpha value is -4.17. The smallest absolute Gasteiger partial charge is 0.326 e. The molecule has 6 nitrogen and oxygen atoms in total. The van der Waals surface area contributed by atoms with Crippen LogP contribution in [0.15, 0.2) is 108 Å². The first kappa shape index (κ1) is 24.9. The number of carbonyl (C=O) groups is 2. The van der Waals surface area contributed by atoms with E-state index in [0.717, 1.165) is 4.47 Å². The third-order valence-corrected chi connectivity index (χ3v) is 5.69. The Morgan fingerprint density at radius 3 is 2.25 bits per heavy atom. The summed E-state index contributed by atoms with van der Waals surface area (Å²) in [5, 5.41) is 5.42. The van der Waals surface area contributed by atoms with Gasteiger partial charge in [-0.15, -0.1) is 0 Å². The number of halogens is 2. The fraction of sp³-hybridized carbons (Fsp3) is 0.0714. The van der Waals surface area contributed by atoms with Gasteiger partial charge < -0.3 is 15.4 Å². The van der Waals surface area contributed by atoms with Gasteiger partial charge in [-0.2, -0.15) is 0 Å². The summed E-state index contributed by atoms with van der Waals surface area (Å²) in [5.74, 6) is 0.481. The monoisotopic (exact) mass is 547 g/mol. The van der Waals surface area contributed by atoms with E-state index >= 15 is 0 Å². The molecular formula is C28H23BrFN3O3. The number of benzene rings is 4. The molecule has 0 aliphatic rings. The van der Waals surface area contributed by atoms with Crippen LogP contribution < -0.4 is 20.3 Å². The van der Waals surface area contributed by atoms with Gasteiger partial charge >= 0.3 is 6.03 Å². The van der Waals surface area contributed by atoms with Gasteiger partial charge in [0.05, 0.1) is 5.69 Å². The molecule has 0 atom stereocenters. The summed E-state index contributed by atoms with van der Waals surface area (Å²) in [6, 6.07) is 28.7. The average Bonchev–Trinajstić information content (AvgIpc) is 2.89. The number of nitrogens with zero attached hydrogens (tertiary/aromatic N) is 1. The second kappa shape index (κ2) is 12.0. The molecule has 0 aliphatic carbocycles. The molecule has 4 aromatic carbocycles. The molecule has 4 aromatic rings. The van der Waals surface area contributed by atoms with Crippen molar-refractivity contribution >= 4 is 39.2 Å². The summed E-state index contributed by atoms with van der Waals surface area (Å²) in [4.78, 5) is 27.1. The number of anilines is 2. The van der Waals surface area contributed by atoms with Gasteiger partial charge in [0.1, 0.15) is 17.3 Å². The molecule has 3 amide bonds. The predicted octanol–water partition coefficient (Wildman–Crippen LogP) is 6.85. The first-order valence-corrected chi connectivity index (χ1v) is 12.0. The maximum absolute atomic E-state index is 14.1. The third kappa shape index (κ3) is 6.70. The summed E-state index contributed by atoms with van der Waals surface area (Å²) in [6.45, 7) is 0.331. The molecule has 36 heavy (non-hydrogen) atoms. The largest absolute Gasteiger partial charge is 0.457 e. The van der Waals surface area contributed by atoms with Crippen LogP contribution in [0.1, 0.15) is 10.4 Å². The normalized spacial score (nSPS) is 10.4. The molecule has 0 bridgehead atoms. The molecule has 0 radical (unpaired) electrons. The minimum atomic E-state index is -0.541. The highest BCUT2D eigenvalue weighted by molar-refractivity contribution is 9.10. The van der Waals surface area contributed by atoms with Gasteiger partial charge in [0.25, 0.3) is 5.91 Å². The lowest BCUT2D eigenvalue weighted by atomic mass is 10.2. The van der Waals surface area contributed by atoms with Crippen LogP contribution in [-0.2, 0) is 0 Å². The van der Waals surface area contributed by atoms with Gasteiger partial charge in [-0.05, 0) is 66.7 Å². The van der Waals surface area contributed by atoms with E-state index in [1.807, 2.05) is 36.4 Å². The fourth-order valence-electron chi connectivity index (χ4n) is 3.42. The summed E-state index contributed by atoms with van der Waals surface area (Å²) >= 11 is 3.35. The van der Waals surface area contributed by atoms with Gasteiger partial charge in [-0.3, -0.25) is 9.69 Å². The summed E-state index contributed by atoms with van der Waals surface area (Å²) in [6.07, 6.45) is 0. The van der Waals surface area contributed by atoms with Crippen LogP contribution in [0.3, 0.4) is 0 Å². The van der Waals surface area contributed by atoms with Gasteiger partial charge in [0, 0.05) is 28.8 Å². The van der Waals surface area contributed by atoms with E-state index in [0.29, 0.717) is 22.7 Å². The van der Waals surface area contributed by atoms with Crippen LogP contribution in [0, 0.1) is 5.82 Å². The van der Waals surface area contributed by atoms with E-state index in [2.05, 4.69) is 26.6 Å². The number of amides is 3. The molecule has 182 valence electrons. The van der Waals surface area contributed by atoms with Crippen molar-refractivity contribution in [3.8, 4) is 11.5 Å². The summed E-state index contributed by atoms with van der Waals surface area (Å²) < 4.78 is 20.8. The van der Waals surface area contributed by atoms with Crippen LogP contribution in [0.25, 0.3) is 0 Å². The number of carbonyl (C=O) groups excluding carboxylic acids is 2. The van der Waals surface area contributed by atoms with E-state index in [4.69, 9.17) is 4.74 Å². The lowest BCUT2D eigenvalue weighted by molar-refractivity contribution is 0.0954. The molecule has 4 rings (SSSR count). The first-order valence-electron chi connectivity index (χ1n) is 11.2. The Balaban J connectivity index is 1.48. The molecular weight excluding hydrogens is 525 g/mol. The van der Waals surface area contributed by atoms with Crippen LogP contribution in [0.5, 0.6) is 11.5 Å². The minimum absolute atomic E-state index is 0.0645. The number of urea groups is 1. The molecule has 2 N–H and O–H groups in total. The predicted molar refractivity (Wildman–Crippen MR) is 142 cm³/mol. The first-order chi connectivity index (χ1) is 17.5. The Kier molecular flexibility index (Phi) is 8.31. The zero-order valence-corrected chi connectivity index (χ0v) is 20.7. The molecule has 8 heteroatoms. The quantitative estimate of drug-likeness (QED) is 0.253. The Labute approximate surface area is 216 Å². The van der Waals surface area contributed by atoms with Gasteiger partial charge in [0.2, 0.25) is 0 Å². The standard InChI is InChI=1S/C28H23BrFN3O3/c29-21-8-6-7-20(19-21)27(34)31-17-18-33(28(35)32-26-12-5-4-11-25(26)30)22-13-15-24(16-14-22)36-23-9-2-1-3-10-23/h1-16,19H,17-18H2,(H,31,34)(H,32,35). The highest BCUT2D eigenvalue weighted by Gasteiger charge is 2.18. The van der Waals surface area contributed by atoms with Crippen molar-refractivity contribution in [2.75, 3.05) is 23.3 Å². The SMILES string of the molecule is O=C(NCCN(C(=O)Nc1ccccc1F)c1ccc(Oc2ccccc2)cc1)c1cccc(Br)c1. The van der Waals surface area contributed by atoms with Gasteiger partial charge in [-0.25, -0.2) is 9.18 Å². The number of hydrogen-bond acceptors (Lipinski definition) is 3. The van der Waals surface area contributed by atoms with E-state index in [1.54, 1.807) is 54.6 Å². The van der Waals surface area contributed by atoms with E-state index in [9.17, 15) is 14.0 Å². The highest BCUT2D eigenvalue weighted by atomic mass is 79.9. The van der Waals surface area contributed by atoms with Crippen LogP contribution in [0.2, 0.25) is 0 Å². The average molecular weight is 548 g/mol. The zero-order valence-electron chi connectivity index (χ0n) is 19.2. The number of hydrogen-bond donors (Lipinski definition) is 2. The van der Waals surface area contributed by atoms with Gasteiger partial charge in [0.15, 0.2) is 0 Å². The molecule has 0 saturated heterocycles. The van der Waals surface area contributed by atoms with Crippen molar-refractivity contribution in [3.05, 3.63) is 119 Å². The zero-order chi connectivity index (χ0) is 25.3. The molecule has 0 heterocycles. The number of nitrogens with one attached hydrogen (secondary N) is 2. The lowest BCUT2D eigenvalue weighted by Crippen LogP contribution is -2.41. The molecule has 0 spiro atoms. The molecule has 0 fully saturated rings. The minimum Gasteiger partial charge on any atom is -0.457 e. The molecule has 0 saturated carbocycles. The fourth-order valence-corrected chi connectivity index (χ4v) is 3.82. The van der Waals surface area contributed by atoms with E-state index in [-0.39, 0.29) is 24.7 Å². The topological polar surface area (TPSA) is 70.7 Å².